The van der Waals surface area contributed by atoms with E-state index < -0.39 is 8.07 Å². The molecule has 0 saturated heterocycles. The molecule has 1 aliphatic heterocycles. The molecule has 0 bridgehead atoms. The highest BCUT2D eigenvalue weighted by atomic mass is 28.3. The molecule has 0 N–H and O–H groups in total. The number of benzene rings is 7. The molecule has 5 heteroatoms. The highest BCUT2D eigenvalue weighted by molar-refractivity contribution is 7.21. The van der Waals surface area contributed by atoms with Crippen LogP contribution in [0.15, 0.2) is 182 Å². The third kappa shape index (κ3) is 4.14. The van der Waals surface area contributed by atoms with Crippen molar-refractivity contribution in [3.8, 4) is 39.9 Å². The van der Waals surface area contributed by atoms with E-state index in [2.05, 4.69) is 150 Å². The first kappa shape index (κ1) is 28.6. The molecular formula is C45H30N4Si. The molecule has 234 valence electrons. The van der Waals surface area contributed by atoms with Gasteiger partial charge in [0.15, 0.2) is 25.5 Å². The molecule has 0 fully saturated rings. The van der Waals surface area contributed by atoms with E-state index in [1.54, 1.807) is 0 Å². The van der Waals surface area contributed by atoms with E-state index in [1.165, 1.54) is 42.6 Å². The summed E-state index contributed by atoms with van der Waals surface area (Å²) >= 11 is 0. The van der Waals surface area contributed by atoms with E-state index >= 15 is 0 Å². The van der Waals surface area contributed by atoms with Gasteiger partial charge in [0.2, 0.25) is 0 Å². The molecular weight excluding hydrogens is 625 g/mol. The largest absolute Gasteiger partial charge is 0.309 e. The van der Waals surface area contributed by atoms with E-state index in [4.69, 9.17) is 15.0 Å². The van der Waals surface area contributed by atoms with Crippen molar-refractivity contribution in [1.29, 1.82) is 0 Å². The van der Waals surface area contributed by atoms with Crippen molar-refractivity contribution in [3.63, 3.8) is 0 Å². The summed E-state index contributed by atoms with van der Waals surface area (Å²) in [4.78, 5) is 15.6. The molecule has 0 radical (unpaired) electrons. The molecule has 2 aromatic heterocycles. The Morgan fingerprint density at radius 1 is 0.380 bits per heavy atom. The second-order valence-corrected chi connectivity index (χ2v) is 16.5. The Hall–Kier alpha value is -6.43. The molecule has 0 unspecified atom stereocenters. The number of aromatic nitrogens is 4. The summed E-state index contributed by atoms with van der Waals surface area (Å²) in [6.45, 7) is 0. The second kappa shape index (κ2) is 11.3. The van der Waals surface area contributed by atoms with Crippen LogP contribution < -0.4 is 20.7 Å². The van der Waals surface area contributed by atoms with Gasteiger partial charge in [0.05, 0.1) is 16.7 Å². The fourth-order valence-corrected chi connectivity index (χ4v) is 13.2. The molecule has 0 atom stereocenters. The summed E-state index contributed by atoms with van der Waals surface area (Å²) < 4.78 is 2.50. The fourth-order valence-electron chi connectivity index (χ4n) is 8.06. The number of rotatable bonds is 5. The van der Waals surface area contributed by atoms with E-state index in [1.807, 2.05) is 36.4 Å². The van der Waals surface area contributed by atoms with Crippen molar-refractivity contribution in [1.82, 2.24) is 19.5 Å². The van der Waals surface area contributed by atoms with Gasteiger partial charge in [-0.05, 0) is 32.9 Å². The van der Waals surface area contributed by atoms with Crippen LogP contribution in [0.3, 0.4) is 0 Å². The van der Waals surface area contributed by atoms with Gasteiger partial charge in [0.1, 0.15) is 0 Å². The van der Waals surface area contributed by atoms with Gasteiger partial charge in [-0.2, -0.15) is 0 Å². The van der Waals surface area contributed by atoms with Crippen molar-refractivity contribution < 1.29 is 0 Å². The number of para-hydroxylation sites is 3. The summed E-state index contributed by atoms with van der Waals surface area (Å²) in [6, 6.07) is 65.2. The maximum absolute atomic E-state index is 5.27. The average Bonchev–Trinajstić information content (AvgIpc) is 3.54. The van der Waals surface area contributed by atoms with E-state index in [9.17, 15) is 0 Å². The van der Waals surface area contributed by atoms with Crippen LogP contribution in [0.5, 0.6) is 0 Å². The molecule has 4 nitrogen and oxygen atoms in total. The first-order valence-electron chi connectivity index (χ1n) is 17.0. The number of hydrogen-bond donors (Lipinski definition) is 0. The van der Waals surface area contributed by atoms with Gasteiger partial charge in [-0.3, -0.25) is 0 Å². The molecule has 50 heavy (non-hydrogen) atoms. The van der Waals surface area contributed by atoms with Gasteiger partial charge in [0.25, 0.3) is 0 Å². The zero-order valence-electron chi connectivity index (χ0n) is 27.1. The fraction of sp³-hybridized carbons (Fsp3) is 0. The zero-order chi connectivity index (χ0) is 33.1. The molecule has 0 aliphatic carbocycles. The summed E-state index contributed by atoms with van der Waals surface area (Å²) in [6.07, 6.45) is 0. The van der Waals surface area contributed by atoms with Gasteiger partial charge >= 0.3 is 0 Å². The van der Waals surface area contributed by atoms with Crippen LogP contribution in [-0.4, -0.2) is 27.6 Å². The molecule has 0 amide bonds. The van der Waals surface area contributed by atoms with Crippen LogP contribution in [0.1, 0.15) is 0 Å². The molecule has 0 spiro atoms. The van der Waals surface area contributed by atoms with Gasteiger partial charge in [-0.15, -0.1) is 0 Å². The molecule has 0 saturated carbocycles. The van der Waals surface area contributed by atoms with Crippen LogP contribution in [-0.2, 0) is 0 Å². The summed E-state index contributed by atoms with van der Waals surface area (Å²) in [5.74, 6) is 1.96. The topological polar surface area (TPSA) is 43.6 Å². The number of fused-ring (bicyclic) bond motifs is 5. The lowest BCUT2D eigenvalue weighted by Gasteiger charge is -2.40. The number of nitrogens with zero attached hydrogens (tertiary/aromatic N) is 4. The SMILES string of the molecule is c1ccc(-c2nc(-c3ccccc3)nc(-c3cccc4c3-n3c5ccccc5c5cccc(c53)[Si]4(c3ccccc3)c3ccccc3)n2)cc1. The minimum atomic E-state index is -2.88. The van der Waals surface area contributed by atoms with E-state index in [0.717, 1.165) is 22.4 Å². The van der Waals surface area contributed by atoms with Crippen molar-refractivity contribution >= 4 is 50.6 Å². The molecule has 9 aromatic rings. The van der Waals surface area contributed by atoms with Crippen molar-refractivity contribution in [2.75, 3.05) is 0 Å². The highest BCUT2D eigenvalue weighted by Crippen LogP contribution is 2.39. The Kier molecular flexibility index (Phi) is 6.47. The monoisotopic (exact) mass is 654 g/mol. The summed E-state index contributed by atoms with van der Waals surface area (Å²) in [5.41, 5.74) is 6.46. The average molecular weight is 655 g/mol. The molecule has 7 aromatic carbocycles. The van der Waals surface area contributed by atoms with Crippen LogP contribution in [0, 0.1) is 0 Å². The lowest BCUT2D eigenvalue weighted by Crippen LogP contribution is -2.76. The number of hydrogen-bond acceptors (Lipinski definition) is 3. The molecule has 10 rings (SSSR count). The van der Waals surface area contributed by atoms with Gasteiger partial charge in [-0.1, -0.05) is 170 Å². The van der Waals surface area contributed by atoms with Gasteiger partial charge in [0, 0.05) is 27.5 Å². The van der Waals surface area contributed by atoms with Crippen molar-refractivity contribution in [3.05, 3.63) is 182 Å². The quantitative estimate of drug-likeness (QED) is 0.179. The maximum Gasteiger partial charge on any atom is 0.184 e. The third-order valence-electron chi connectivity index (χ3n) is 10.1. The predicted octanol–water partition coefficient (Wildman–Crippen LogP) is 7.66. The Bertz CT molecular complexity index is 2590. The zero-order valence-corrected chi connectivity index (χ0v) is 28.1. The summed E-state index contributed by atoms with van der Waals surface area (Å²) in [5, 5.41) is 7.89. The lowest BCUT2D eigenvalue weighted by atomic mass is 10.1. The van der Waals surface area contributed by atoms with Gasteiger partial charge < -0.3 is 4.57 Å². The predicted molar refractivity (Wildman–Crippen MR) is 208 cm³/mol. The van der Waals surface area contributed by atoms with Crippen LogP contribution >= 0.6 is 0 Å². The smallest absolute Gasteiger partial charge is 0.184 e. The molecule has 3 heterocycles. The third-order valence-corrected chi connectivity index (χ3v) is 14.9. The Morgan fingerprint density at radius 3 is 1.48 bits per heavy atom. The highest BCUT2D eigenvalue weighted by Gasteiger charge is 2.48. The van der Waals surface area contributed by atoms with E-state index in [0.29, 0.717) is 17.5 Å². The van der Waals surface area contributed by atoms with Crippen molar-refractivity contribution in [2.24, 2.45) is 0 Å². The van der Waals surface area contributed by atoms with Crippen LogP contribution in [0.2, 0.25) is 0 Å². The first-order chi connectivity index (χ1) is 24.8. The Morgan fingerprint density at radius 2 is 0.860 bits per heavy atom. The first-order valence-corrected chi connectivity index (χ1v) is 19.0. The van der Waals surface area contributed by atoms with E-state index in [-0.39, 0.29) is 0 Å². The van der Waals surface area contributed by atoms with Crippen LogP contribution in [0.25, 0.3) is 61.7 Å². The maximum atomic E-state index is 5.27. The van der Waals surface area contributed by atoms with Crippen molar-refractivity contribution in [2.45, 2.75) is 0 Å². The standard InChI is InChI=1S/C45H30N4Si/c1-5-17-31(18-6-1)43-46-44(32-19-7-2-8-20-32)48-45(47-43)37-27-16-30-40-42(37)49-38-28-14-13-25-35(38)36-26-15-29-39(41(36)49)50(40,33-21-9-3-10-22-33)34-23-11-4-12-24-34/h1-30H. The Balaban J connectivity index is 1.39. The minimum Gasteiger partial charge on any atom is -0.309 e. The second-order valence-electron chi connectivity index (χ2n) is 12.8. The lowest BCUT2D eigenvalue weighted by molar-refractivity contribution is 1.07. The minimum absolute atomic E-state index is 0.653. The van der Waals surface area contributed by atoms with Gasteiger partial charge in [-0.25, -0.2) is 15.0 Å². The molecule has 1 aliphatic rings. The normalized spacial score (nSPS) is 13.0. The Labute approximate surface area is 291 Å². The van der Waals surface area contributed by atoms with Crippen LogP contribution in [0.4, 0.5) is 0 Å². The summed E-state index contributed by atoms with van der Waals surface area (Å²) in [7, 11) is -2.88.